The summed E-state index contributed by atoms with van der Waals surface area (Å²) in [6.45, 7) is 5.40. The van der Waals surface area contributed by atoms with Gasteiger partial charge >= 0.3 is 0 Å². The number of ketones is 1. The van der Waals surface area contributed by atoms with Crippen molar-refractivity contribution in [2.45, 2.75) is 32.9 Å². The second kappa shape index (κ2) is 6.14. The number of para-hydroxylation sites is 1. The Morgan fingerprint density at radius 3 is 2.38 bits per heavy atom. The Bertz CT molecular complexity index is 1100. The molecule has 2 amide bonds. The number of imide groups is 1. The Morgan fingerprint density at radius 1 is 0.931 bits per heavy atom. The number of amides is 2. The van der Waals surface area contributed by atoms with E-state index in [0.717, 1.165) is 22.4 Å². The maximum absolute atomic E-state index is 13.5. The summed E-state index contributed by atoms with van der Waals surface area (Å²) in [5.74, 6) is -1.79. The van der Waals surface area contributed by atoms with E-state index in [0.29, 0.717) is 5.69 Å². The Morgan fingerprint density at radius 2 is 1.66 bits per heavy atom. The van der Waals surface area contributed by atoms with Crippen LogP contribution in [0.2, 0.25) is 0 Å². The van der Waals surface area contributed by atoms with Gasteiger partial charge in [-0.2, -0.15) is 0 Å². The minimum Gasteiger partial charge on any atom is -0.353 e. The number of carbonyl (C=O) groups excluding carboxylic acids is 3. The van der Waals surface area contributed by atoms with E-state index in [9.17, 15) is 14.4 Å². The predicted octanol–water partition coefficient (Wildman–Crippen LogP) is 3.28. The molecule has 2 aromatic carbocycles. The fraction of sp³-hybridized carbons (Fsp3) is 0.292. The van der Waals surface area contributed by atoms with Crippen molar-refractivity contribution in [1.29, 1.82) is 0 Å². The molecule has 3 aliphatic heterocycles. The number of nitrogens with zero attached hydrogens (tertiary/aromatic N) is 2. The van der Waals surface area contributed by atoms with Crippen molar-refractivity contribution in [3.8, 4) is 0 Å². The van der Waals surface area contributed by atoms with E-state index in [1.54, 1.807) is 0 Å². The maximum Gasteiger partial charge on any atom is 0.240 e. The molecule has 4 atom stereocenters. The van der Waals surface area contributed by atoms with Gasteiger partial charge in [0.15, 0.2) is 5.78 Å². The molecule has 0 radical (unpaired) electrons. The topological polar surface area (TPSA) is 57.7 Å². The molecule has 5 heteroatoms. The van der Waals surface area contributed by atoms with Crippen LogP contribution in [-0.4, -0.2) is 29.7 Å². The molecule has 2 fully saturated rings. The van der Waals surface area contributed by atoms with E-state index in [1.165, 1.54) is 11.8 Å². The van der Waals surface area contributed by atoms with Gasteiger partial charge in [0.05, 0.1) is 23.6 Å². The summed E-state index contributed by atoms with van der Waals surface area (Å²) in [7, 11) is 0. The largest absolute Gasteiger partial charge is 0.353 e. The smallest absolute Gasteiger partial charge is 0.240 e. The van der Waals surface area contributed by atoms with Gasteiger partial charge in [0.25, 0.3) is 0 Å². The highest BCUT2D eigenvalue weighted by Gasteiger charge is 2.63. The van der Waals surface area contributed by atoms with Crippen LogP contribution in [-0.2, 0) is 14.4 Å². The second-order valence-electron chi connectivity index (χ2n) is 8.22. The van der Waals surface area contributed by atoms with Crippen LogP contribution in [0.15, 0.2) is 48.5 Å². The lowest BCUT2D eigenvalue weighted by Crippen LogP contribution is -2.48. The van der Waals surface area contributed by atoms with E-state index >= 15 is 0 Å². The van der Waals surface area contributed by atoms with Crippen LogP contribution in [0.4, 0.5) is 11.4 Å². The summed E-state index contributed by atoms with van der Waals surface area (Å²) in [5.41, 5.74) is 4.49. The first-order valence-electron chi connectivity index (χ1n) is 9.91. The molecule has 0 N–H and O–H groups in total. The minimum atomic E-state index is -0.665. The Labute approximate surface area is 169 Å². The van der Waals surface area contributed by atoms with Crippen molar-refractivity contribution in [1.82, 2.24) is 0 Å². The quantitative estimate of drug-likeness (QED) is 0.744. The van der Waals surface area contributed by atoms with Crippen LogP contribution in [0.1, 0.15) is 23.6 Å². The monoisotopic (exact) mass is 386 g/mol. The summed E-state index contributed by atoms with van der Waals surface area (Å²) in [6, 6.07) is 12.6. The lowest BCUT2D eigenvalue weighted by atomic mass is 9.88. The molecule has 0 aliphatic carbocycles. The first-order chi connectivity index (χ1) is 13.9. The third-order valence-corrected chi connectivity index (χ3v) is 6.42. The van der Waals surface area contributed by atoms with Crippen LogP contribution in [0.3, 0.4) is 0 Å². The molecular weight excluding hydrogens is 364 g/mol. The average molecular weight is 386 g/mol. The fourth-order valence-corrected chi connectivity index (χ4v) is 5.27. The zero-order valence-electron chi connectivity index (χ0n) is 16.6. The Balaban J connectivity index is 1.63. The standard InChI is InChI=1S/C24H22N2O3/c1-13-8-10-17(14(2)12-13)26-23(28)20-19-11-9-16-6-4-5-7-18(16)25(19)22(15(3)27)21(20)24(26)29/h4-12,19-22H,1-3H3. The Hall–Kier alpha value is -3.21. The lowest BCUT2D eigenvalue weighted by molar-refractivity contribution is -0.126. The molecule has 0 spiro atoms. The summed E-state index contributed by atoms with van der Waals surface area (Å²) in [5, 5.41) is 0. The highest BCUT2D eigenvalue weighted by molar-refractivity contribution is 6.25. The van der Waals surface area contributed by atoms with E-state index < -0.39 is 17.9 Å². The number of fused-ring (bicyclic) bond motifs is 5. The van der Waals surface area contributed by atoms with Gasteiger partial charge in [0.1, 0.15) is 6.04 Å². The van der Waals surface area contributed by atoms with Crippen LogP contribution in [0.5, 0.6) is 0 Å². The van der Waals surface area contributed by atoms with Crippen LogP contribution >= 0.6 is 0 Å². The fourth-order valence-electron chi connectivity index (χ4n) is 5.27. The van der Waals surface area contributed by atoms with Gasteiger partial charge in [-0.15, -0.1) is 0 Å². The third kappa shape index (κ3) is 2.36. The summed E-state index contributed by atoms with van der Waals surface area (Å²) in [4.78, 5) is 43.0. The Kier molecular flexibility index (Phi) is 3.78. The normalized spacial score (nSPS) is 27.1. The first-order valence-corrected chi connectivity index (χ1v) is 9.91. The molecule has 2 saturated heterocycles. The van der Waals surface area contributed by atoms with Gasteiger partial charge in [0, 0.05) is 5.69 Å². The first kappa shape index (κ1) is 17.9. The molecular formula is C24H22N2O3. The molecule has 0 aromatic heterocycles. The van der Waals surface area contributed by atoms with Crippen molar-refractivity contribution >= 4 is 35.0 Å². The van der Waals surface area contributed by atoms with Gasteiger partial charge < -0.3 is 4.90 Å². The minimum absolute atomic E-state index is 0.0868. The number of carbonyl (C=O) groups is 3. The van der Waals surface area contributed by atoms with E-state index in [1.807, 2.05) is 73.4 Å². The number of hydrogen-bond donors (Lipinski definition) is 0. The second-order valence-corrected chi connectivity index (χ2v) is 8.22. The van der Waals surface area contributed by atoms with E-state index in [-0.39, 0.29) is 23.6 Å². The molecule has 0 bridgehead atoms. The van der Waals surface area contributed by atoms with E-state index in [2.05, 4.69) is 0 Å². The maximum atomic E-state index is 13.5. The van der Waals surface area contributed by atoms with Crippen molar-refractivity contribution in [3.05, 3.63) is 65.2 Å². The SMILES string of the molecule is CC(=O)C1C2C(=O)N(c3ccc(C)cc3C)C(=O)C2C2C=Cc3ccccc3N21. The summed E-state index contributed by atoms with van der Waals surface area (Å²) >= 11 is 0. The average Bonchev–Trinajstić information content (AvgIpc) is 3.16. The highest BCUT2D eigenvalue weighted by atomic mass is 16.2. The molecule has 2 aromatic rings. The molecule has 5 rings (SSSR count). The van der Waals surface area contributed by atoms with Gasteiger partial charge in [-0.3, -0.25) is 14.4 Å². The van der Waals surface area contributed by atoms with Crippen molar-refractivity contribution < 1.29 is 14.4 Å². The molecule has 146 valence electrons. The number of rotatable bonds is 2. The van der Waals surface area contributed by atoms with E-state index in [4.69, 9.17) is 0 Å². The van der Waals surface area contributed by atoms with Crippen molar-refractivity contribution in [2.24, 2.45) is 11.8 Å². The van der Waals surface area contributed by atoms with Gasteiger partial charge in [-0.05, 0) is 44.0 Å². The molecule has 29 heavy (non-hydrogen) atoms. The van der Waals surface area contributed by atoms with Gasteiger partial charge in [-0.1, -0.05) is 48.0 Å². The van der Waals surface area contributed by atoms with Gasteiger partial charge in [-0.25, -0.2) is 4.90 Å². The molecule has 3 aliphatic rings. The zero-order chi connectivity index (χ0) is 20.4. The zero-order valence-corrected chi connectivity index (χ0v) is 16.6. The van der Waals surface area contributed by atoms with Crippen LogP contribution < -0.4 is 9.80 Å². The van der Waals surface area contributed by atoms with Crippen LogP contribution in [0.25, 0.3) is 6.08 Å². The summed E-state index contributed by atoms with van der Waals surface area (Å²) in [6.07, 6.45) is 3.97. The number of benzene rings is 2. The number of Topliss-reactive ketones (excluding diaryl/α,β-unsaturated/α-hetero) is 1. The highest BCUT2D eigenvalue weighted by Crippen LogP contribution is 2.49. The lowest BCUT2D eigenvalue weighted by Gasteiger charge is -2.36. The number of hydrogen-bond acceptors (Lipinski definition) is 4. The molecule has 4 unspecified atom stereocenters. The molecule has 5 nitrogen and oxygen atoms in total. The number of anilines is 2. The van der Waals surface area contributed by atoms with Crippen molar-refractivity contribution in [2.75, 3.05) is 9.80 Å². The molecule has 3 heterocycles. The van der Waals surface area contributed by atoms with Gasteiger partial charge in [0.2, 0.25) is 11.8 Å². The number of aryl methyl sites for hydroxylation is 2. The van der Waals surface area contributed by atoms with Crippen molar-refractivity contribution in [3.63, 3.8) is 0 Å². The third-order valence-electron chi connectivity index (χ3n) is 6.42. The molecule has 0 saturated carbocycles. The predicted molar refractivity (Wildman–Crippen MR) is 112 cm³/mol. The summed E-state index contributed by atoms with van der Waals surface area (Å²) < 4.78 is 0. The van der Waals surface area contributed by atoms with Crippen LogP contribution in [0, 0.1) is 25.7 Å².